The van der Waals surface area contributed by atoms with Gasteiger partial charge in [-0.1, -0.05) is 18.2 Å². The van der Waals surface area contributed by atoms with Crippen LogP contribution >= 0.6 is 0 Å². The Balaban J connectivity index is 1.62. The third kappa shape index (κ3) is 3.22. The van der Waals surface area contributed by atoms with Crippen LogP contribution in [0.1, 0.15) is 25.7 Å². The molecular formula is C14H18O3. The van der Waals surface area contributed by atoms with Crippen LogP contribution in [-0.2, 0) is 4.79 Å². The van der Waals surface area contributed by atoms with Gasteiger partial charge < -0.3 is 9.84 Å². The summed E-state index contributed by atoms with van der Waals surface area (Å²) in [5, 5.41) is 8.91. The maximum absolute atomic E-state index is 10.8. The number of hydrogen-bond acceptors (Lipinski definition) is 2. The molecule has 17 heavy (non-hydrogen) atoms. The summed E-state index contributed by atoms with van der Waals surface area (Å²) in [4.78, 5) is 10.8. The fraction of sp³-hybridized carbons (Fsp3) is 0.500. The molecule has 0 bridgehead atoms. The molecule has 1 aromatic carbocycles. The number of aliphatic carboxylic acids is 1. The van der Waals surface area contributed by atoms with Crippen LogP contribution in [0.4, 0.5) is 0 Å². The average molecular weight is 234 g/mol. The van der Waals surface area contributed by atoms with Gasteiger partial charge in [0, 0.05) is 0 Å². The Morgan fingerprint density at radius 3 is 2.65 bits per heavy atom. The van der Waals surface area contributed by atoms with Crippen LogP contribution in [0.25, 0.3) is 0 Å². The van der Waals surface area contributed by atoms with E-state index in [4.69, 9.17) is 9.84 Å². The summed E-state index contributed by atoms with van der Waals surface area (Å²) in [5.74, 6) is 0.514. The Morgan fingerprint density at radius 2 is 2.06 bits per heavy atom. The molecule has 1 aliphatic carbocycles. The van der Waals surface area contributed by atoms with E-state index >= 15 is 0 Å². The zero-order valence-corrected chi connectivity index (χ0v) is 9.84. The van der Waals surface area contributed by atoms with Crippen molar-refractivity contribution in [2.24, 2.45) is 11.8 Å². The van der Waals surface area contributed by atoms with Crippen molar-refractivity contribution in [2.45, 2.75) is 25.7 Å². The number of benzene rings is 1. The van der Waals surface area contributed by atoms with E-state index < -0.39 is 5.97 Å². The molecule has 2 rings (SSSR count). The zero-order valence-electron chi connectivity index (χ0n) is 9.84. The minimum absolute atomic E-state index is 0.105. The highest BCUT2D eigenvalue weighted by molar-refractivity contribution is 5.71. The number of para-hydroxylation sites is 1. The van der Waals surface area contributed by atoms with E-state index in [0.29, 0.717) is 12.5 Å². The van der Waals surface area contributed by atoms with Gasteiger partial charge in [-0.15, -0.1) is 0 Å². The lowest BCUT2D eigenvalue weighted by molar-refractivity contribution is -0.147. The van der Waals surface area contributed by atoms with Crippen molar-refractivity contribution in [1.82, 2.24) is 0 Å². The Kier molecular flexibility index (Phi) is 4.02. The van der Waals surface area contributed by atoms with E-state index in [9.17, 15) is 4.79 Å². The van der Waals surface area contributed by atoms with Gasteiger partial charge in [-0.3, -0.25) is 4.79 Å². The first-order valence-corrected chi connectivity index (χ1v) is 6.18. The number of ether oxygens (including phenoxy) is 1. The number of carboxylic acids is 1. The van der Waals surface area contributed by atoms with E-state index in [2.05, 4.69) is 0 Å². The van der Waals surface area contributed by atoms with Crippen molar-refractivity contribution < 1.29 is 14.6 Å². The number of carbonyl (C=O) groups is 1. The predicted octanol–water partition coefficient (Wildman–Crippen LogP) is 2.96. The molecule has 92 valence electrons. The summed E-state index contributed by atoms with van der Waals surface area (Å²) in [6.45, 7) is 0.673. The number of carboxylic acid groups (broad SMARTS) is 1. The van der Waals surface area contributed by atoms with Crippen molar-refractivity contribution in [3.63, 3.8) is 0 Å². The van der Waals surface area contributed by atoms with Gasteiger partial charge in [0.25, 0.3) is 0 Å². The average Bonchev–Trinajstić information content (AvgIpc) is 2.27. The Labute approximate surface area is 101 Å². The van der Waals surface area contributed by atoms with Crippen molar-refractivity contribution in [3.05, 3.63) is 30.3 Å². The third-order valence-electron chi connectivity index (χ3n) is 3.47. The summed E-state index contributed by atoms with van der Waals surface area (Å²) >= 11 is 0. The second kappa shape index (κ2) is 5.71. The standard InChI is InChI=1S/C14H18O3/c15-14(16)13-9-8-11(13)5-4-10-17-12-6-2-1-3-7-12/h1-3,6-7,11,13H,4-5,8-10H2,(H,15,16). The molecule has 3 heteroatoms. The van der Waals surface area contributed by atoms with E-state index in [-0.39, 0.29) is 5.92 Å². The highest BCUT2D eigenvalue weighted by Gasteiger charge is 2.35. The summed E-state index contributed by atoms with van der Waals surface area (Å²) in [7, 11) is 0. The normalized spacial score (nSPS) is 22.8. The summed E-state index contributed by atoms with van der Waals surface area (Å²) < 4.78 is 5.57. The molecule has 3 nitrogen and oxygen atoms in total. The molecule has 0 saturated heterocycles. The quantitative estimate of drug-likeness (QED) is 0.770. The molecule has 0 spiro atoms. The predicted molar refractivity (Wildman–Crippen MR) is 65.0 cm³/mol. The second-order valence-corrected chi connectivity index (χ2v) is 4.59. The van der Waals surface area contributed by atoms with E-state index in [1.54, 1.807) is 0 Å². The van der Waals surface area contributed by atoms with Crippen LogP contribution in [-0.4, -0.2) is 17.7 Å². The van der Waals surface area contributed by atoms with Gasteiger partial charge in [-0.2, -0.15) is 0 Å². The van der Waals surface area contributed by atoms with Gasteiger partial charge in [0.05, 0.1) is 12.5 Å². The van der Waals surface area contributed by atoms with Crippen molar-refractivity contribution in [3.8, 4) is 5.75 Å². The van der Waals surface area contributed by atoms with Crippen LogP contribution in [0.5, 0.6) is 5.75 Å². The Bertz CT molecular complexity index is 361. The highest BCUT2D eigenvalue weighted by Crippen LogP contribution is 2.37. The van der Waals surface area contributed by atoms with Crippen molar-refractivity contribution in [2.75, 3.05) is 6.61 Å². The monoisotopic (exact) mass is 234 g/mol. The molecule has 0 heterocycles. The maximum atomic E-state index is 10.8. The minimum Gasteiger partial charge on any atom is -0.494 e. The van der Waals surface area contributed by atoms with Crippen LogP contribution in [0, 0.1) is 11.8 Å². The topological polar surface area (TPSA) is 46.5 Å². The molecule has 1 N–H and O–H groups in total. The molecule has 1 aliphatic rings. The molecule has 2 atom stereocenters. The molecule has 1 fully saturated rings. The first-order valence-electron chi connectivity index (χ1n) is 6.18. The van der Waals surface area contributed by atoms with Gasteiger partial charge >= 0.3 is 5.97 Å². The summed E-state index contributed by atoms with van der Waals surface area (Å²) in [5.41, 5.74) is 0. The van der Waals surface area contributed by atoms with Crippen LogP contribution < -0.4 is 4.74 Å². The lowest BCUT2D eigenvalue weighted by atomic mass is 9.71. The maximum Gasteiger partial charge on any atom is 0.306 e. The molecular weight excluding hydrogens is 216 g/mol. The van der Waals surface area contributed by atoms with E-state index in [1.807, 2.05) is 30.3 Å². The smallest absolute Gasteiger partial charge is 0.306 e. The molecule has 0 aromatic heterocycles. The number of hydrogen-bond donors (Lipinski definition) is 1. The van der Waals surface area contributed by atoms with Crippen LogP contribution in [0.2, 0.25) is 0 Å². The highest BCUT2D eigenvalue weighted by atomic mass is 16.5. The van der Waals surface area contributed by atoms with Gasteiger partial charge in [0.2, 0.25) is 0 Å². The minimum atomic E-state index is -0.634. The van der Waals surface area contributed by atoms with Gasteiger partial charge in [0.15, 0.2) is 0 Å². The largest absolute Gasteiger partial charge is 0.494 e. The lowest BCUT2D eigenvalue weighted by Crippen LogP contribution is -2.32. The molecule has 2 unspecified atom stereocenters. The Morgan fingerprint density at radius 1 is 1.29 bits per heavy atom. The second-order valence-electron chi connectivity index (χ2n) is 4.59. The zero-order chi connectivity index (χ0) is 12.1. The molecule has 0 amide bonds. The van der Waals surface area contributed by atoms with Gasteiger partial charge in [-0.05, 0) is 43.7 Å². The van der Waals surface area contributed by atoms with E-state index in [0.717, 1.165) is 31.4 Å². The van der Waals surface area contributed by atoms with E-state index in [1.165, 1.54) is 0 Å². The third-order valence-corrected chi connectivity index (χ3v) is 3.47. The van der Waals surface area contributed by atoms with Crippen molar-refractivity contribution >= 4 is 5.97 Å². The summed E-state index contributed by atoms with van der Waals surface area (Å²) in [6, 6.07) is 9.72. The van der Waals surface area contributed by atoms with Gasteiger partial charge in [-0.25, -0.2) is 0 Å². The molecule has 1 aromatic rings. The number of rotatable bonds is 6. The van der Waals surface area contributed by atoms with Gasteiger partial charge in [0.1, 0.15) is 5.75 Å². The first kappa shape index (κ1) is 12.0. The fourth-order valence-electron chi connectivity index (χ4n) is 2.29. The van der Waals surface area contributed by atoms with Crippen LogP contribution in [0.15, 0.2) is 30.3 Å². The van der Waals surface area contributed by atoms with Crippen LogP contribution in [0.3, 0.4) is 0 Å². The SMILES string of the molecule is O=C(O)C1CCC1CCCOc1ccccc1. The molecule has 0 radical (unpaired) electrons. The molecule has 0 aliphatic heterocycles. The lowest BCUT2D eigenvalue weighted by Gasteiger charge is -2.33. The first-order chi connectivity index (χ1) is 8.27. The summed E-state index contributed by atoms with van der Waals surface area (Å²) in [6.07, 6.45) is 3.80. The van der Waals surface area contributed by atoms with Crippen molar-refractivity contribution in [1.29, 1.82) is 0 Å². The Hall–Kier alpha value is -1.51. The molecule has 1 saturated carbocycles. The fourth-order valence-corrected chi connectivity index (χ4v) is 2.29.